The molecule has 0 spiro atoms. The fraction of sp³-hybridized carbons (Fsp3) is 0.0400. The number of anilines is 1. The highest BCUT2D eigenvalue weighted by Gasteiger charge is 2.29. The van der Waals surface area contributed by atoms with Gasteiger partial charge in [-0.1, -0.05) is 23.7 Å². The number of carbonyl (C=O) groups excluding carboxylic acids is 2. The lowest BCUT2D eigenvalue weighted by atomic mass is 10.1. The number of carboxylic acid groups (broad SMARTS) is 1. The van der Waals surface area contributed by atoms with E-state index >= 15 is 0 Å². The average molecular weight is 514 g/mol. The molecule has 182 valence electrons. The lowest BCUT2D eigenvalue weighted by molar-refractivity contribution is -0.498. The predicted octanol–water partition coefficient (Wildman–Crippen LogP) is 3.59. The zero-order valence-electron chi connectivity index (χ0n) is 18.3. The van der Waals surface area contributed by atoms with Crippen LogP contribution in [0.25, 0.3) is 27.7 Å². The molecule has 0 aliphatic carbocycles. The third-order valence-electron chi connectivity index (χ3n) is 5.15. The second kappa shape index (κ2) is 10.0. The second-order valence-electron chi connectivity index (χ2n) is 7.50. The molecule has 2 aromatic carbocycles. The van der Waals surface area contributed by atoms with Crippen LogP contribution in [0, 0.1) is 0 Å². The number of carbonyl (C=O) groups is 2. The number of halogens is 4. The summed E-state index contributed by atoms with van der Waals surface area (Å²) < 4.78 is 33.5. The first kappa shape index (κ1) is 24.7. The van der Waals surface area contributed by atoms with E-state index in [-0.39, 0.29) is 5.91 Å². The van der Waals surface area contributed by atoms with E-state index in [1.807, 2.05) is 89.7 Å². The van der Waals surface area contributed by atoms with E-state index in [2.05, 4.69) is 15.3 Å². The summed E-state index contributed by atoms with van der Waals surface area (Å²) in [7, 11) is 0. The van der Waals surface area contributed by atoms with Crippen molar-refractivity contribution in [2.24, 2.45) is 0 Å². The number of aromatic amines is 2. The molecule has 3 heterocycles. The van der Waals surface area contributed by atoms with Crippen LogP contribution in [-0.2, 0) is 4.79 Å². The zero-order chi connectivity index (χ0) is 25.9. The SMILES string of the molecule is O=C(Nc1cccc2c[nH+]ccc12)c1[nH]c(-c2ccc(Cl)cc2)[n+]2ccccc12.O=C([O-])C(F)(F)F. The quantitative estimate of drug-likeness (QED) is 0.360. The number of nitrogens with one attached hydrogen (secondary N) is 3. The Morgan fingerprint density at radius 1 is 1.00 bits per heavy atom. The number of aromatic nitrogens is 3. The third kappa shape index (κ3) is 5.28. The normalized spacial score (nSPS) is 11.1. The van der Waals surface area contributed by atoms with E-state index in [9.17, 15) is 18.0 Å². The number of hydrogen-bond donors (Lipinski definition) is 2. The summed E-state index contributed by atoms with van der Waals surface area (Å²) >= 11 is 6.03. The van der Waals surface area contributed by atoms with E-state index in [4.69, 9.17) is 21.5 Å². The van der Waals surface area contributed by atoms with Gasteiger partial charge in [-0.15, -0.1) is 0 Å². The fourth-order valence-electron chi connectivity index (χ4n) is 3.53. The molecule has 0 fully saturated rings. The molecule has 3 N–H and O–H groups in total. The van der Waals surface area contributed by atoms with Crippen LogP contribution in [0.15, 0.2) is 85.3 Å². The number of pyridine rings is 2. The molecule has 5 aromatic rings. The maximum Gasteiger partial charge on any atom is 0.430 e. The average Bonchev–Trinajstić information content (AvgIpc) is 3.24. The zero-order valence-corrected chi connectivity index (χ0v) is 19.0. The largest absolute Gasteiger partial charge is 0.542 e. The van der Waals surface area contributed by atoms with Gasteiger partial charge in [0, 0.05) is 27.5 Å². The van der Waals surface area contributed by atoms with Crippen molar-refractivity contribution in [1.29, 1.82) is 0 Å². The monoisotopic (exact) mass is 513 g/mol. The van der Waals surface area contributed by atoms with Gasteiger partial charge in [-0.25, -0.2) is 9.97 Å². The highest BCUT2D eigenvalue weighted by Crippen LogP contribution is 2.24. The summed E-state index contributed by atoms with van der Waals surface area (Å²) in [6.45, 7) is 0. The van der Waals surface area contributed by atoms with Crippen LogP contribution in [0.4, 0.5) is 18.9 Å². The van der Waals surface area contributed by atoms with Crippen LogP contribution in [-0.4, -0.2) is 23.0 Å². The molecular formula is C25H17ClF3N4O3+. The molecule has 0 radical (unpaired) electrons. The van der Waals surface area contributed by atoms with Crippen molar-refractivity contribution in [3.05, 3.63) is 96.0 Å². The van der Waals surface area contributed by atoms with Crippen molar-refractivity contribution in [2.45, 2.75) is 6.18 Å². The molecule has 0 saturated heterocycles. The minimum absolute atomic E-state index is 0.200. The smallest absolute Gasteiger partial charge is 0.430 e. The summed E-state index contributed by atoms with van der Waals surface area (Å²) in [5.74, 6) is -2.39. The summed E-state index contributed by atoms with van der Waals surface area (Å²) in [4.78, 5) is 28.3. The number of hydrogen-bond acceptors (Lipinski definition) is 3. The van der Waals surface area contributed by atoms with Crippen molar-refractivity contribution in [1.82, 2.24) is 4.98 Å². The predicted molar refractivity (Wildman–Crippen MR) is 124 cm³/mol. The number of imidazole rings is 1. The molecule has 0 aliphatic rings. The molecule has 1 amide bonds. The molecule has 3 aromatic heterocycles. The first-order valence-corrected chi connectivity index (χ1v) is 10.8. The van der Waals surface area contributed by atoms with E-state index in [0.29, 0.717) is 10.7 Å². The number of carboxylic acids is 1. The van der Waals surface area contributed by atoms with E-state index in [0.717, 1.165) is 33.4 Å². The number of alkyl halides is 3. The van der Waals surface area contributed by atoms with E-state index in [1.165, 1.54) is 0 Å². The van der Waals surface area contributed by atoms with Crippen LogP contribution >= 0.6 is 11.6 Å². The van der Waals surface area contributed by atoms with Gasteiger partial charge in [-0.05, 0) is 48.5 Å². The number of rotatable bonds is 3. The van der Waals surface area contributed by atoms with Crippen molar-refractivity contribution in [3.8, 4) is 11.4 Å². The summed E-state index contributed by atoms with van der Waals surface area (Å²) in [6.07, 6.45) is 0.486. The minimum atomic E-state index is -5.19. The lowest BCUT2D eigenvalue weighted by Crippen LogP contribution is -2.37. The van der Waals surface area contributed by atoms with Gasteiger partial charge in [0.15, 0.2) is 17.9 Å². The van der Waals surface area contributed by atoms with Crippen molar-refractivity contribution >= 4 is 45.5 Å². The number of aliphatic carboxylic acids is 1. The van der Waals surface area contributed by atoms with Gasteiger partial charge in [-0.3, -0.25) is 4.79 Å². The topological polar surface area (TPSA) is 103 Å². The van der Waals surface area contributed by atoms with Crippen molar-refractivity contribution in [2.75, 3.05) is 5.32 Å². The van der Waals surface area contributed by atoms with Crippen molar-refractivity contribution in [3.63, 3.8) is 0 Å². The Morgan fingerprint density at radius 2 is 1.72 bits per heavy atom. The Hall–Kier alpha value is -4.44. The molecular weight excluding hydrogens is 497 g/mol. The molecule has 0 unspecified atom stereocenters. The highest BCUT2D eigenvalue weighted by atomic mass is 35.5. The van der Waals surface area contributed by atoms with E-state index in [1.54, 1.807) is 0 Å². The number of benzene rings is 2. The first-order chi connectivity index (χ1) is 17.1. The third-order valence-corrected chi connectivity index (χ3v) is 5.40. The number of fused-ring (bicyclic) bond motifs is 2. The van der Waals surface area contributed by atoms with Gasteiger partial charge >= 0.3 is 6.18 Å². The molecule has 0 bridgehead atoms. The van der Waals surface area contributed by atoms with Crippen LogP contribution in [0.2, 0.25) is 5.02 Å². The molecule has 0 aliphatic heterocycles. The molecule has 11 heteroatoms. The molecule has 0 atom stereocenters. The first-order valence-electron chi connectivity index (χ1n) is 10.4. The number of H-pyrrole nitrogens is 2. The van der Waals surface area contributed by atoms with Crippen LogP contribution < -0.4 is 19.8 Å². The van der Waals surface area contributed by atoms with Gasteiger partial charge in [0.05, 0.1) is 11.8 Å². The van der Waals surface area contributed by atoms with Gasteiger partial charge in [0.1, 0.15) is 5.97 Å². The van der Waals surface area contributed by atoms with Gasteiger partial charge in [0.25, 0.3) is 11.7 Å². The Morgan fingerprint density at radius 3 is 2.42 bits per heavy atom. The van der Waals surface area contributed by atoms with Crippen LogP contribution in [0.3, 0.4) is 0 Å². The second-order valence-corrected chi connectivity index (χ2v) is 7.94. The molecule has 5 rings (SSSR count). The minimum Gasteiger partial charge on any atom is -0.542 e. The number of nitrogens with zero attached hydrogens (tertiary/aromatic N) is 1. The summed E-state index contributed by atoms with van der Waals surface area (Å²) in [5.41, 5.74) is 2.99. The van der Waals surface area contributed by atoms with Gasteiger partial charge in [-0.2, -0.15) is 17.6 Å². The van der Waals surface area contributed by atoms with Crippen LogP contribution in [0.1, 0.15) is 10.5 Å². The van der Waals surface area contributed by atoms with E-state index < -0.39 is 12.1 Å². The Bertz CT molecular complexity index is 1560. The number of amides is 1. The van der Waals surface area contributed by atoms with Gasteiger partial charge < -0.3 is 15.2 Å². The Kier molecular flexibility index (Phi) is 6.89. The standard InChI is InChI=1S/C23H15ClN4O.C2HF3O2/c24-17-9-7-15(8-10-17)22-27-21(20-6-1-2-13-28(20)22)23(29)26-19-5-3-4-16-14-25-12-11-18(16)19;3-2(4,5)1(6)7/h1-14H,(H,26,29);(H,6,7)/p+1. The van der Waals surface area contributed by atoms with Crippen molar-refractivity contribution < 1.29 is 37.3 Å². The van der Waals surface area contributed by atoms with Gasteiger partial charge in [0.2, 0.25) is 5.69 Å². The molecule has 7 nitrogen and oxygen atoms in total. The maximum atomic E-state index is 13.2. The Balaban J connectivity index is 0.000000384. The highest BCUT2D eigenvalue weighted by molar-refractivity contribution is 6.30. The fourth-order valence-corrected chi connectivity index (χ4v) is 3.66. The summed E-state index contributed by atoms with van der Waals surface area (Å²) in [6, 6.07) is 21.1. The Labute approximate surface area is 206 Å². The molecule has 36 heavy (non-hydrogen) atoms. The lowest BCUT2D eigenvalue weighted by Gasteiger charge is -2.05. The summed E-state index contributed by atoms with van der Waals surface area (Å²) in [5, 5.41) is 14.5. The molecule has 0 saturated carbocycles. The van der Waals surface area contributed by atoms with Crippen LogP contribution in [0.5, 0.6) is 0 Å². The maximum absolute atomic E-state index is 13.2.